The summed E-state index contributed by atoms with van der Waals surface area (Å²) in [5.41, 5.74) is -0.696. The zero-order valence-electron chi connectivity index (χ0n) is 10.7. The van der Waals surface area contributed by atoms with E-state index in [4.69, 9.17) is 9.47 Å². The highest BCUT2D eigenvalue weighted by Gasteiger charge is 2.22. The van der Waals surface area contributed by atoms with Crippen LogP contribution in [0.3, 0.4) is 0 Å². The summed E-state index contributed by atoms with van der Waals surface area (Å²) in [4.78, 5) is 10.1. The van der Waals surface area contributed by atoms with Crippen LogP contribution >= 0.6 is 0 Å². The zero-order valence-corrected chi connectivity index (χ0v) is 10.7. The molecule has 0 spiro atoms. The van der Waals surface area contributed by atoms with Crippen LogP contribution in [0.15, 0.2) is 42.5 Å². The van der Waals surface area contributed by atoms with Crippen molar-refractivity contribution in [3.8, 4) is 17.2 Å². The van der Waals surface area contributed by atoms with Gasteiger partial charge in [-0.15, -0.1) is 0 Å². The van der Waals surface area contributed by atoms with Gasteiger partial charge in [-0.25, -0.2) is 0 Å². The number of nitro benzene ring substituents is 1. The summed E-state index contributed by atoms with van der Waals surface area (Å²) < 4.78 is 24.3. The average molecular weight is 277 g/mol. The van der Waals surface area contributed by atoms with Gasteiger partial charge in [0, 0.05) is 0 Å². The van der Waals surface area contributed by atoms with Crippen LogP contribution in [0.4, 0.5) is 10.1 Å². The Morgan fingerprint density at radius 2 is 1.75 bits per heavy atom. The molecule has 0 N–H and O–H groups in total. The lowest BCUT2D eigenvalue weighted by molar-refractivity contribution is -0.388. The molecule has 104 valence electrons. The number of hydrogen-bond donors (Lipinski definition) is 0. The quantitative estimate of drug-likeness (QED) is 0.613. The number of benzene rings is 2. The van der Waals surface area contributed by atoms with E-state index in [9.17, 15) is 14.5 Å². The molecule has 6 heteroatoms. The Kier molecular flexibility index (Phi) is 4.14. The number of nitro groups is 1. The largest absolute Gasteiger partial charge is 0.490 e. The molecule has 0 saturated carbocycles. The van der Waals surface area contributed by atoms with E-state index in [-0.39, 0.29) is 5.75 Å². The van der Waals surface area contributed by atoms with Gasteiger partial charge in [0.15, 0.2) is 11.5 Å². The second kappa shape index (κ2) is 6.01. The van der Waals surface area contributed by atoms with Gasteiger partial charge in [-0.2, -0.15) is 4.39 Å². The molecular weight excluding hydrogens is 265 g/mol. The molecule has 2 aromatic rings. The van der Waals surface area contributed by atoms with Crippen LogP contribution < -0.4 is 9.47 Å². The minimum atomic E-state index is -0.943. The second-order valence-electron chi connectivity index (χ2n) is 3.83. The van der Waals surface area contributed by atoms with Crippen molar-refractivity contribution in [1.29, 1.82) is 0 Å². The van der Waals surface area contributed by atoms with Crippen LogP contribution in [0.5, 0.6) is 17.2 Å². The summed E-state index contributed by atoms with van der Waals surface area (Å²) in [5, 5.41) is 10.9. The van der Waals surface area contributed by atoms with Crippen LogP contribution in [0.2, 0.25) is 0 Å². The molecule has 0 aliphatic heterocycles. The van der Waals surface area contributed by atoms with E-state index in [0.717, 1.165) is 6.07 Å². The molecule has 0 fully saturated rings. The van der Waals surface area contributed by atoms with E-state index in [1.165, 1.54) is 12.1 Å². The molecule has 0 aliphatic carbocycles. The molecule has 2 aromatic carbocycles. The maximum absolute atomic E-state index is 13.5. The van der Waals surface area contributed by atoms with Crippen LogP contribution in [0, 0.1) is 15.9 Å². The summed E-state index contributed by atoms with van der Waals surface area (Å²) in [6.45, 7) is 2.23. The van der Waals surface area contributed by atoms with Crippen LogP contribution in [0.25, 0.3) is 0 Å². The Morgan fingerprint density at radius 3 is 2.40 bits per heavy atom. The highest BCUT2D eigenvalue weighted by molar-refractivity contribution is 5.51. The molecule has 20 heavy (non-hydrogen) atoms. The van der Waals surface area contributed by atoms with Gasteiger partial charge in [-0.1, -0.05) is 18.2 Å². The smallest absolute Gasteiger partial charge is 0.346 e. The molecule has 0 radical (unpaired) electrons. The fourth-order valence-electron chi connectivity index (χ4n) is 1.68. The van der Waals surface area contributed by atoms with Gasteiger partial charge in [0.2, 0.25) is 11.6 Å². The molecule has 2 rings (SSSR count). The van der Waals surface area contributed by atoms with Crippen LogP contribution in [-0.4, -0.2) is 11.5 Å². The molecule has 0 amide bonds. The highest BCUT2D eigenvalue weighted by atomic mass is 19.1. The first kappa shape index (κ1) is 13.8. The van der Waals surface area contributed by atoms with Crippen molar-refractivity contribution >= 4 is 5.69 Å². The maximum atomic E-state index is 13.5. The lowest BCUT2D eigenvalue weighted by atomic mass is 10.2. The molecule has 0 aromatic heterocycles. The Morgan fingerprint density at radius 1 is 1.10 bits per heavy atom. The third-order valence-electron chi connectivity index (χ3n) is 2.50. The van der Waals surface area contributed by atoms with Crippen molar-refractivity contribution in [2.75, 3.05) is 6.61 Å². The summed E-state index contributed by atoms with van der Waals surface area (Å²) >= 11 is 0. The van der Waals surface area contributed by atoms with Crippen molar-refractivity contribution in [3.63, 3.8) is 0 Å². The Hall–Kier alpha value is -2.63. The molecule has 0 aliphatic rings. The minimum absolute atomic E-state index is 0.165. The van der Waals surface area contributed by atoms with Crippen LogP contribution in [0.1, 0.15) is 6.92 Å². The van der Waals surface area contributed by atoms with Gasteiger partial charge in [-0.3, -0.25) is 10.1 Å². The van der Waals surface area contributed by atoms with Gasteiger partial charge < -0.3 is 9.47 Å². The third kappa shape index (κ3) is 2.85. The average Bonchev–Trinajstić information content (AvgIpc) is 2.41. The SMILES string of the molecule is CCOc1ccccc1Oc1cccc(F)c1[N+](=O)[O-]. The number of ether oxygens (including phenoxy) is 2. The first-order chi connectivity index (χ1) is 9.63. The molecule has 0 atom stereocenters. The predicted molar refractivity (Wildman–Crippen MR) is 70.7 cm³/mol. The summed E-state index contributed by atoms with van der Waals surface area (Å²) in [6, 6.07) is 10.4. The first-order valence-electron chi connectivity index (χ1n) is 5.96. The predicted octanol–water partition coefficient (Wildman–Crippen LogP) is 3.92. The number of halogens is 1. The minimum Gasteiger partial charge on any atom is -0.490 e. The van der Waals surface area contributed by atoms with Crippen molar-refractivity contribution in [2.45, 2.75) is 6.92 Å². The standard InChI is InChI=1S/C14H12FNO4/c1-2-19-11-7-3-4-8-12(11)20-13-9-5-6-10(15)14(13)16(17)18/h3-9H,2H2,1H3. The number of rotatable bonds is 5. The highest BCUT2D eigenvalue weighted by Crippen LogP contribution is 2.37. The van der Waals surface area contributed by atoms with Gasteiger partial charge in [0.05, 0.1) is 11.5 Å². The van der Waals surface area contributed by atoms with Crippen molar-refractivity contribution in [3.05, 3.63) is 58.4 Å². The van der Waals surface area contributed by atoms with E-state index in [0.29, 0.717) is 18.1 Å². The fraction of sp³-hybridized carbons (Fsp3) is 0.143. The zero-order chi connectivity index (χ0) is 14.5. The van der Waals surface area contributed by atoms with E-state index < -0.39 is 16.4 Å². The molecule has 5 nitrogen and oxygen atoms in total. The Balaban J connectivity index is 2.40. The summed E-state index contributed by atoms with van der Waals surface area (Å²) in [5.74, 6) is -0.375. The van der Waals surface area contributed by atoms with Crippen molar-refractivity contribution in [2.24, 2.45) is 0 Å². The van der Waals surface area contributed by atoms with Gasteiger partial charge >= 0.3 is 5.69 Å². The van der Waals surface area contributed by atoms with E-state index in [2.05, 4.69) is 0 Å². The normalized spacial score (nSPS) is 10.1. The summed E-state index contributed by atoms with van der Waals surface area (Å²) in [6.07, 6.45) is 0. The van der Waals surface area contributed by atoms with Gasteiger partial charge in [-0.05, 0) is 31.2 Å². The molecule has 0 bridgehead atoms. The number of para-hydroxylation sites is 3. The number of hydrogen-bond acceptors (Lipinski definition) is 4. The third-order valence-corrected chi connectivity index (χ3v) is 2.50. The van der Waals surface area contributed by atoms with Gasteiger partial charge in [0.1, 0.15) is 0 Å². The van der Waals surface area contributed by atoms with Gasteiger partial charge in [0.25, 0.3) is 0 Å². The molecule has 0 unspecified atom stereocenters. The van der Waals surface area contributed by atoms with E-state index in [1.807, 2.05) is 0 Å². The monoisotopic (exact) mass is 277 g/mol. The Labute approximate surface area is 114 Å². The molecule has 0 saturated heterocycles. The second-order valence-corrected chi connectivity index (χ2v) is 3.83. The van der Waals surface area contributed by atoms with E-state index in [1.54, 1.807) is 31.2 Å². The first-order valence-corrected chi connectivity index (χ1v) is 5.96. The lowest BCUT2D eigenvalue weighted by Gasteiger charge is -2.11. The summed E-state index contributed by atoms with van der Waals surface area (Å²) in [7, 11) is 0. The molecule has 0 heterocycles. The maximum Gasteiger partial charge on any atom is 0.346 e. The van der Waals surface area contributed by atoms with Crippen molar-refractivity contribution < 1.29 is 18.8 Å². The molecular formula is C14H12FNO4. The number of nitrogens with zero attached hydrogens (tertiary/aromatic N) is 1. The van der Waals surface area contributed by atoms with E-state index >= 15 is 0 Å². The lowest BCUT2D eigenvalue weighted by Crippen LogP contribution is -1.98. The van der Waals surface area contributed by atoms with Crippen molar-refractivity contribution in [1.82, 2.24) is 0 Å². The Bertz CT molecular complexity index is 630. The fourth-order valence-corrected chi connectivity index (χ4v) is 1.68. The topological polar surface area (TPSA) is 61.6 Å². The van der Waals surface area contributed by atoms with Crippen LogP contribution in [-0.2, 0) is 0 Å².